The van der Waals surface area contributed by atoms with Gasteiger partial charge in [-0.2, -0.15) is 5.26 Å². The minimum Gasteiger partial charge on any atom is -0.497 e. The Morgan fingerprint density at radius 3 is 2.80 bits per heavy atom. The van der Waals surface area contributed by atoms with Gasteiger partial charge < -0.3 is 10.1 Å². The van der Waals surface area contributed by atoms with Crippen molar-refractivity contribution in [3.05, 3.63) is 58.1 Å². The average molecular weight is 331 g/mol. The molecule has 2 aromatic rings. The van der Waals surface area contributed by atoms with Crippen LogP contribution in [0.2, 0.25) is 0 Å². The zero-order valence-electron chi connectivity index (χ0n) is 10.7. The Labute approximate surface area is 125 Å². The van der Waals surface area contributed by atoms with Gasteiger partial charge in [0.25, 0.3) is 5.91 Å². The van der Waals surface area contributed by atoms with Crippen LogP contribution in [0.3, 0.4) is 0 Å². The molecule has 0 saturated heterocycles. The van der Waals surface area contributed by atoms with E-state index in [1.807, 2.05) is 6.07 Å². The second kappa shape index (κ2) is 6.22. The molecule has 0 saturated carbocycles. The molecule has 0 aliphatic heterocycles. The molecule has 100 valence electrons. The topological polar surface area (TPSA) is 62.1 Å². The van der Waals surface area contributed by atoms with E-state index in [-0.39, 0.29) is 5.91 Å². The Balaban J connectivity index is 2.26. The van der Waals surface area contributed by atoms with Gasteiger partial charge in [0.15, 0.2) is 0 Å². The van der Waals surface area contributed by atoms with Crippen LogP contribution in [0.5, 0.6) is 5.75 Å². The Hall–Kier alpha value is -2.32. The molecule has 0 aliphatic rings. The highest BCUT2D eigenvalue weighted by atomic mass is 79.9. The average Bonchev–Trinajstić information content (AvgIpc) is 2.49. The summed E-state index contributed by atoms with van der Waals surface area (Å²) in [6, 6.07) is 14.0. The monoisotopic (exact) mass is 330 g/mol. The van der Waals surface area contributed by atoms with Crippen molar-refractivity contribution in [1.29, 1.82) is 5.26 Å². The predicted molar refractivity (Wildman–Crippen MR) is 79.8 cm³/mol. The van der Waals surface area contributed by atoms with Crippen LogP contribution in [0, 0.1) is 11.3 Å². The number of nitrogens with zero attached hydrogens (tertiary/aromatic N) is 1. The maximum Gasteiger partial charge on any atom is 0.255 e. The molecular weight excluding hydrogens is 320 g/mol. The first kappa shape index (κ1) is 14.1. The van der Waals surface area contributed by atoms with Crippen molar-refractivity contribution in [3.8, 4) is 11.8 Å². The van der Waals surface area contributed by atoms with Crippen LogP contribution in [0.15, 0.2) is 46.9 Å². The molecule has 5 heteroatoms. The summed E-state index contributed by atoms with van der Waals surface area (Å²) in [5.41, 5.74) is 1.34. The van der Waals surface area contributed by atoms with Crippen molar-refractivity contribution >= 4 is 27.5 Å². The fourth-order valence-corrected chi connectivity index (χ4v) is 2.04. The lowest BCUT2D eigenvalue weighted by atomic mass is 10.1. The van der Waals surface area contributed by atoms with Crippen LogP contribution >= 0.6 is 15.9 Å². The van der Waals surface area contributed by atoms with Crippen molar-refractivity contribution in [3.63, 3.8) is 0 Å². The van der Waals surface area contributed by atoms with Gasteiger partial charge in [-0.3, -0.25) is 4.79 Å². The molecule has 2 aromatic carbocycles. The summed E-state index contributed by atoms with van der Waals surface area (Å²) >= 11 is 3.29. The zero-order chi connectivity index (χ0) is 14.5. The first-order valence-corrected chi connectivity index (χ1v) is 6.58. The Morgan fingerprint density at radius 2 is 2.10 bits per heavy atom. The number of hydrogen-bond acceptors (Lipinski definition) is 3. The van der Waals surface area contributed by atoms with Gasteiger partial charge in [-0.15, -0.1) is 0 Å². The summed E-state index contributed by atoms with van der Waals surface area (Å²) in [6.45, 7) is 0. The molecule has 20 heavy (non-hydrogen) atoms. The number of ether oxygens (including phenoxy) is 1. The molecule has 0 unspecified atom stereocenters. The fraction of sp³-hybridized carbons (Fsp3) is 0.0667. The normalized spacial score (nSPS) is 9.65. The minimum absolute atomic E-state index is 0.289. The summed E-state index contributed by atoms with van der Waals surface area (Å²) in [6.07, 6.45) is 0. The number of amides is 1. The van der Waals surface area contributed by atoms with E-state index in [9.17, 15) is 4.79 Å². The van der Waals surface area contributed by atoms with Crippen molar-refractivity contribution < 1.29 is 9.53 Å². The molecule has 1 N–H and O–H groups in total. The van der Waals surface area contributed by atoms with E-state index in [0.29, 0.717) is 22.6 Å². The molecule has 2 rings (SSSR count). The standard InChI is InChI=1S/C15H11BrN2O2/c1-20-13-4-2-3-10(8-13)15(19)18-14-6-5-12(16)7-11(14)9-17/h2-8H,1H3,(H,18,19). The van der Waals surface area contributed by atoms with Gasteiger partial charge in [-0.05, 0) is 36.4 Å². The number of nitriles is 1. The lowest BCUT2D eigenvalue weighted by Crippen LogP contribution is -2.12. The lowest BCUT2D eigenvalue weighted by molar-refractivity contribution is 0.102. The molecule has 4 nitrogen and oxygen atoms in total. The van der Waals surface area contributed by atoms with Crippen molar-refractivity contribution in [2.45, 2.75) is 0 Å². The molecule has 0 spiro atoms. The number of halogens is 1. The second-order valence-electron chi connectivity index (χ2n) is 3.99. The van der Waals surface area contributed by atoms with E-state index in [2.05, 4.69) is 21.2 Å². The van der Waals surface area contributed by atoms with Crippen molar-refractivity contribution in [1.82, 2.24) is 0 Å². The number of carbonyl (C=O) groups is 1. The third kappa shape index (κ3) is 3.16. The molecule has 0 radical (unpaired) electrons. The molecule has 0 aliphatic carbocycles. The third-order valence-electron chi connectivity index (χ3n) is 2.68. The number of methoxy groups -OCH3 is 1. The third-order valence-corrected chi connectivity index (χ3v) is 3.18. The Morgan fingerprint density at radius 1 is 1.30 bits per heavy atom. The largest absolute Gasteiger partial charge is 0.497 e. The van der Waals surface area contributed by atoms with Gasteiger partial charge in [0.1, 0.15) is 11.8 Å². The summed E-state index contributed by atoms with van der Waals surface area (Å²) in [5.74, 6) is 0.316. The van der Waals surface area contributed by atoms with Crippen LogP contribution in [-0.2, 0) is 0 Å². The van der Waals surface area contributed by atoms with E-state index in [0.717, 1.165) is 4.47 Å². The lowest BCUT2D eigenvalue weighted by Gasteiger charge is -2.08. The van der Waals surface area contributed by atoms with Crippen LogP contribution in [0.25, 0.3) is 0 Å². The molecule has 0 bridgehead atoms. The van der Waals surface area contributed by atoms with Crippen LogP contribution in [0.1, 0.15) is 15.9 Å². The summed E-state index contributed by atoms with van der Waals surface area (Å²) in [7, 11) is 1.54. The maximum absolute atomic E-state index is 12.1. The number of hydrogen-bond donors (Lipinski definition) is 1. The van der Waals surface area contributed by atoms with Gasteiger partial charge in [-0.25, -0.2) is 0 Å². The molecule has 0 atom stereocenters. The SMILES string of the molecule is COc1cccc(C(=O)Nc2ccc(Br)cc2C#N)c1. The first-order chi connectivity index (χ1) is 9.63. The van der Waals surface area contributed by atoms with E-state index < -0.39 is 0 Å². The number of nitrogens with one attached hydrogen (secondary N) is 1. The second-order valence-corrected chi connectivity index (χ2v) is 4.90. The molecule has 0 fully saturated rings. The van der Waals surface area contributed by atoms with E-state index in [4.69, 9.17) is 10.00 Å². The molecule has 1 amide bonds. The summed E-state index contributed by atoms with van der Waals surface area (Å²) in [5, 5.41) is 11.8. The highest BCUT2D eigenvalue weighted by Crippen LogP contribution is 2.21. The molecule has 0 aromatic heterocycles. The summed E-state index contributed by atoms with van der Waals surface area (Å²) in [4.78, 5) is 12.1. The van der Waals surface area contributed by atoms with Gasteiger partial charge in [0, 0.05) is 10.0 Å². The molecular formula is C15H11BrN2O2. The zero-order valence-corrected chi connectivity index (χ0v) is 12.3. The number of rotatable bonds is 3. The van der Waals surface area contributed by atoms with Gasteiger partial charge >= 0.3 is 0 Å². The Bertz CT molecular complexity index is 693. The smallest absolute Gasteiger partial charge is 0.255 e. The quantitative estimate of drug-likeness (QED) is 0.935. The van der Waals surface area contributed by atoms with Crippen LogP contribution < -0.4 is 10.1 Å². The van der Waals surface area contributed by atoms with Gasteiger partial charge in [0.2, 0.25) is 0 Å². The van der Waals surface area contributed by atoms with Gasteiger partial charge in [-0.1, -0.05) is 22.0 Å². The highest BCUT2D eigenvalue weighted by molar-refractivity contribution is 9.10. The Kier molecular flexibility index (Phi) is 4.38. The van der Waals surface area contributed by atoms with E-state index in [1.165, 1.54) is 0 Å². The van der Waals surface area contributed by atoms with E-state index in [1.54, 1.807) is 49.6 Å². The number of anilines is 1. The van der Waals surface area contributed by atoms with Crippen molar-refractivity contribution in [2.75, 3.05) is 12.4 Å². The van der Waals surface area contributed by atoms with Crippen LogP contribution in [-0.4, -0.2) is 13.0 Å². The predicted octanol–water partition coefficient (Wildman–Crippen LogP) is 3.58. The number of carbonyl (C=O) groups excluding carboxylic acids is 1. The summed E-state index contributed by atoms with van der Waals surface area (Å²) < 4.78 is 5.86. The van der Waals surface area contributed by atoms with Crippen LogP contribution in [0.4, 0.5) is 5.69 Å². The number of benzene rings is 2. The van der Waals surface area contributed by atoms with Crippen molar-refractivity contribution in [2.24, 2.45) is 0 Å². The highest BCUT2D eigenvalue weighted by Gasteiger charge is 2.10. The maximum atomic E-state index is 12.1. The molecule has 0 heterocycles. The van der Waals surface area contributed by atoms with Gasteiger partial charge in [0.05, 0.1) is 18.4 Å². The first-order valence-electron chi connectivity index (χ1n) is 5.79. The fourth-order valence-electron chi connectivity index (χ4n) is 1.68. The van der Waals surface area contributed by atoms with E-state index >= 15 is 0 Å². The minimum atomic E-state index is -0.289.